The Labute approximate surface area is 176 Å². The highest BCUT2D eigenvalue weighted by Gasteiger charge is 2.44. The lowest BCUT2D eigenvalue weighted by molar-refractivity contribution is -0.120. The molecule has 2 aliphatic heterocycles. The molecule has 8 heteroatoms. The van der Waals surface area contributed by atoms with Gasteiger partial charge in [0.1, 0.15) is 5.70 Å². The van der Waals surface area contributed by atoms with Crippen molar-refractivity contribution in [1.29, 1.82) is 0 Å². The van der Waals surface area contributed by atoms with E-state index >= 15 is 0 Å². The van der Waals surface area contributed by atoms with Gasteiger partial charge in [-0.25, -0.2) is 4.90 Å². The van der Waals surface area contributed by atoms with E-state index in [1.54, 1.807) is 18.2 Å². The highest BCUT2D eigenvalue weighted by atomic mass is 35.5. The summed E-state index contributed by atoms with van der Waals surface area (Å²) in [7, 11) is 0. The van der Waals surface area contributed by atoms with E-state index < -0.39 is 11.8 Å². The Morgan fingerprint density at radius 1 is 1.14 bits per heavy atom. The fraction of sp³-hybridized carbons (Fsp3) is 0.300. The topological polar surface area (TPSA) is 60.9 Å². The molecule has 1 saturated heterocycles. The number of rotatable bonds is 4. The quantitative estimate of drug-likeness (QED) is 0.734. The molecule has 3 heterocycles. The molecule has 5 nitrogen and oxygen atoms in total. The van der Waals surface area contributed by atoms with Crippen molar-refractivity contribution in [1.82, 2.24) is 4.90 Å². The average Bonchev–Trinajstić information content (AvgIpc) is 3.31. The Bertz CT molecular complexity index is 958. The van der Waals surface area contributed by atoms with Crippen molar-refractivity contribution >= 4 is 57.6 Å². The van der Waals surface area contributed by atoms with E-state index in [-0.39, 0.29) is 28.3 Å². The van der Waals surface area contributed by atoms with Crippen LogP contribution in [0.15, 0.2) is 41.4 Å². The van der Waals surface area contributed by atoms with E-state index in [0.29, 0.717) is 24.4 Å². The van der Waals surface area contributed by atoms with Gasteiger partial charge in [0.15, 0.2) is 0 Å². The molecule has 0 bridgehead atoms. The lowest BCUT2D eigenvalue weighted by Gasteiger charge is -2.34. The van der Waals surface area contributed by atoms with E-state index in [9.17, 15) is 14.7 Å². The third-order valence-electron chi connectivity index (χ3n) is 5.09. The zero-order valence-corrected chi connectivity index (χ0v) is 17.2. The number of anilines is 1. The van der Waals surface area contributed by atoms with Crippen molar-refractivity contribution in [3.63, 3.8) is 0 Å². The Hall–Kier alpha value is -1.86. The highest BCUT2D eigenvalue weighted by Crippen LogP contribution is 2.41. The molecule has 2 aromatic rings. The summed E-state index contributed by atoms with van der Waals surface area (Å²) in [6.45, 7) is 1.26. The second-order valence-electron chi connectivity index (χ2n) is 6.86. The van der Waals surface area contributed by atoms with Crippen LogP contribution in [-0.4, -0.2) is 41.5 Å². The summed E-state index contributed by atoms with van der Waals surface area (Å²) in [6.07, 6.45) is 1.76. The number of imide groups is 1. The maximum absolute atomic E-state index is 13.4. The number of aliphatic hydroxyl groups excluding tert-OH is 1. The number of aliphatic hydroxyl groups is 1. The molecule has 0 spiro atoms. The summed E-state index contributed by atoms with van der Waals surface area (Å²) in [6, 6.07) is 8.58. The number of carbonyl (C=O) groups excluding carboxylic acids is 2. The molecule has 146 valence electrons. The van der Waals surface area contributed by atoms with Crippen LogP contribution in [0.4, 0.5) is 5.69 Å². The Morgan fingerprint density at radius 2 is 1.96 bits per heavy atom. The summed E-state index contributed by atoms with van der Waals surface area (Å²) in [5.41, 5.74) is 1.04. The zero-order valence-electron chi connectivity index (χ0n) is 14.9. The van der Waals surface area contributed by atoms with Gasteiger partial charge in [0.25, 0.3) is 11.8 Å². The van der Waals surface area contributed by atoms with Crippen LogP contribution in [0, 0.1) is 5.92 Å². The maximum atomic E-state index is 13.4. The van der Waals surface area contributed by atoms with Gasteiger partial charge < -0.3 is 10.0 Å². The van der Waals surface area contributed by atoms with Crippen LogP contribution in [0.25, 0.3) is 5.57 Å². The molecular weight excluding hydrogens is 419 g/mol. The Kier molecular flexibility index (Phi) is 5.47. The number of amides is 2. The van der Waals surface area contributed by atoms with Crippen molar-refractivity contribution in [2.75, 3.05) is 24.6 Å². The van der Waals surface area contributed by atoms with Crippen LogP contribution in [0.2, 0.25) is 10.0 Å². The first-order valence-electron chi connectivity index (χ1n) is 8.99. The standard InChI is InChI=1S/C20H18Cl2N2O3S/c21-13-5-1-6-14(17(13)22)24-19(26)16(15-7-3-9-28-15)18(20(24)27)23-8-2-4-12(10-23)11-25/h1,3,5-7,9,12,25H,2,4,8,10-11H2. The van der Waals surface area contributed by atoms with Crippen molar-refractivity contribution < 1.29 is 14.7 Å². The van der Waals surface area contributed by atoms with E-state index in [1.165, 1.54) is 11.3 Å². The number of likely N-dealkylation sites (tertiary alicyclic amines) is 1. The van der Waals surface area contributed by atoms with Gasteiger partial charge in [0.2, 0.25) is 0 Å². The first kappa shape index (κ1) is 19.5. The summed E-state index contributed by atoms with van der Waals surface area (Å²) < 4.78 is 0. The van der Waals surface area contributed by atoms with Crippen LogP contribution in [-0.2, 0) is 9.59 Å². The number of halogens is 2. The predicted molar refractivity (Wildman–Crippen MR) is 112 cm³/mol. The van der Waals surface area contributed by atoms with Crippen molar-refractivity contribution in [3.8, 4) is 0 Å². The van der Waals surface area contributed by atoms with Crippen LogP contribution in [0.5, 0.6) is 0 Å². The molecule has 0 aliphatic carbocycles. The number of thiophene rings is 1. The molecule has 1 aromatic heterocycles. The monoisotopic (exact) mass is 436 g/mol. The minimum Gasteiger partial charge on any atom is -0.396 e. The normalized spacial score (nSPS) is 20.5. The number of piperidine rings is 1. The van der Waals surface area contributed by atoms with Crippen molar-refractivity contribution in [2.24, 2.45) is 5.92 Å². The van der Waals surface area contributed by atoms with Crippen LogP contribution >= 0.6 is 34.5 Å². The number of hydrogen-bond acceptors (Lipinski definition) is 5. The van der Waals surface area contributed by atoms with Gasteiger partial charge in [0, 0.05) is 24.6 Å². The molecule has 2 aliphatic rings. The number of benzene rings is 1. The fourth-order valence-corrected chi connectivity index (χ4v) is 4.90. The van der Waals surface area contributed by atoms with Gasteiger partial charge in [-0.15, -0.1) is 11.3 Å². The average molecular weight is 437 g/mol. The van der Waals surface area contributed by atoms with E-state index in [1.807, 2.05) is 22.4 Å². The summed E-state index contributed by atoms with van der Waals surface area (Å²) in [5, 5.41) is 11.9. The number of carbonyl (C=O) groups is 2. The maximum Gasteiger partial charge on any atom is 0.282 e. The third kappa shape index (κ3) is 3.24. The minimum atomic E-state index is -0.406. The number of hydrogen-bond donors (Lipinski definition) is 1. The zero-order chi connectivity index (χ0) is 19.8. The molecule has 1 fully saturated rings. The number of nitrogens with zero attached hydrogens (tertiary/aromatic N) is 2. The van der Waals surface area contributed by atoms with Crippen LogP contribution < -0.4 is 4.90 Å². The minimum absolute atomic E-state index is 0.0596. The van der Waals surface area contributed by atoms with Gasteiger partial charge in [-0.2, -0.15) is 0 Å². The molecule has 0 saturated carbocycles. The smallest absolute Gasteiger partial charge is 0.282 e. The predicted octanol–water partition coefficient (Wildman–Crippen LogP) is 4.04. The van der Waals surface area contributed by atoms with Gasteiger partial charge in [0.05, 0.1) is 21.3 Å². The van der Waals surface area contributed by atoms with E-state index in [2.05, 4.69) is 0 Å². The van der Waals surface area contributed by atoms with Gasteiger partial charge in [-0.05, 0) is 42.3 Å². The lowest BCUT2D eigenvalue weighted by atomic mass is 9.98. The van der Waals surface area contributed by atoms with Gasteiger partial charge in [-0.3, -0.25) is 9.59 Å². The molecule has 4 rings (SSSR count). The summed E-state index contributed by atoms with van der Waals surface area (Å²) in [4.78, 5) is 30.6. The second kappa shape index (κ2) is 7.87. The van der Waals surface area contributed by atoms with E-state index in [0.717, 1.165) is 22.6 Å². The first-order valence-corrected chi connectivity index (χ1v) is 10.6. The first-order chi connectivity index (χ1) is 13.5. The molecule has 0 radical (unpaired) electrons. The molecule has 28 heavy (non-hydrogen) atoms. The van der Waals surface area contributed by atoms with Crippen molar-refractivity contribution in [2.45, 2.75) is 12.8 Å². The fourth-order valence-electron chi connectivity index (χ4n) is 3.76. The molecule has 1 unspecified atom stereocenters. The van der Waals surface area contributed by atoms with Crippen LogP contribution in [0.1, 0.15) is 17.7 Å². The molecular formula is C20H18Cl2N2O3S. The molecule has 1 N–H and O–H groups in total. The molecule has 1 aromatic carbocycles. The lowest BCUT2D eigenvalue weighted by Crippen LogP contribution is -2.40. The molecule has 2 amide bonds. The highest BCUT2D eigenvalue weighted by molar-refractivity contribution is 7.11. The second-order valence-corrected chi connectivity index (χ2v) is 8.59. The third-order valence-corrected chi connectivity index (χ3v) is 6.79. The van der Waals surface area contributed by atoms with Crippen LogP contribution in [0.3, 0.4) is 0 Å². The Morgan fingerprint density at radius 3 is 2.68 bits per heavy atom. The molecule has 1 atom stereocenters. The summed E-state index contributed by atoms with van der Waals surface area (Å²) >= 11 is 13.8. The SMILES string of the molecule is O=C1C(c2cccs2)=C(N2CCCC(CO)C2)C(=O)N1c1cccc(Cl)c1Cl. The largest absolute Gasteiger partial charge is 0.396 e. The van der Waals surface area contributed by atoms with E-state index in [4.69, 9.17) is 23.2 Å². The summed E-state index contributed by atoms with van der Waals surface area (Å²) in [5.74, 6) is -0.730. The Balaban J connectivity index is 1.81. The van der Waals surface area contributed by atoms with Gasteiger partial charge >= 0.3 is 0 Å². The van der Waals surface area contributed by atoms with Crippen molar-refractivity contribution in [3.05, 3.63) is 56.3 Å². The van der Waals surface area contributed by atoms with Gasteiger partial charge in [-0.1, -0.05) is 35.3 Å².